The van der Waals surface area contributed by atoms with Crippen molar-refractivity contribution in [3.05, 3.63) is 78.3 Å². The van der Waals surface area contributed by atoms with E-state index in [1.807, 2.05) is 0 Å². The van der Waals surface area contributed by atoms with Crippen LogP contribution in [0.4, 0.5) is 22.1 Å². The van der Waals surface area contributed by atoms with E-state index in [4.69, 9.17) is 24.5 Å². The predicted octanol–water partition coefficient (Wildman–Crippen LogP) is 7.21. The number of methoxy groups -OCH3 is 1. The summed E-state index contributed by atoms with van der Waals surface area (Å²) < 4.78 is 12.4. The Kier molecular flexibility index (Phi) is 14.6. The molecule has 5 rings (SSSR count). The molecular formula is C36H49N5O6. The molecule has 0 bridgehead atoms. The molecule has 0 saturated heterocycles. The van der Waals surface area contributed by atoms with Crippen LogP contribution < -0.4 is 10.2 Å². The lowest BCUT2D eigenvalue weighted by Crippen LogP contribution is -2.30. The number of hydrogen-bond donors (Lipinski definition) is 3. The number of nitrogens with one attached hydrogen (secondary N) is 1. The summed E-state index contributed by atoms with van der Waals surface area (Å²) in [6.45, 7) is 21.8. The molecule has 2 aromatic carbocycles. The fourth-order valence-electron chi connectivity index (χ4n) is 5.31. The number of rotatable bonds is 7. The molecule has 0 unspecified atom stereocenters. The number of aromatic nitrogens is 3. The van der Waals surface area contributed by atoms with Crippen LogP contribution in [0, 0.1) is 20.8 Å². The Labute approximate surface area is 277 Å². The normalized spacial score (nSPS) is 11.6. The van der Waals surface area contributed by atoms with E-state index in [1.165, 1.54) is 44.4 Å². The number of aryl methyl sites for hydroxylation is 2. The van der Waals surface area contributed by atoms with Crippen molar-refractivity contribution < 1.29 is 29.3 Å². The summed E-state index contributed by atoms with van der Waals surface area (Å²) >= 11 is 0. The zero-order valence-corrected chi connectivity index (χ0v) is 28.9. The van der Waals surface area contributed by atoms with E-state index in [2.05, 4.69) is 95.9 Å². The maximum Gasteiger partial charge on any atom is 0.411 e. The summed E-state index contributed by atoms with van der Waals surface area (Å²) in [6, 6.07) is 11.1. The molecule has 47 heavy (non-hydrogen) atoms. The molecular weight excluding hydrogens is 598 g/mol. The van der Waals surface area contributed by atoms with E-state index >= 15 is 0 Å². The summed E-state index contributed by atoms with van der Waals surface area (Å²) in [5.74, 6) is 0.609. The van der Waals surface area contributed by atoms with Crippen molar-refractivity contribution in [3.8, 4) is 11.1 Å². The number of carbonyl (C=O) groups excluding carboxylic acids is 1. The first-order valence-electron chi connectivity index (χ1n) is 15.4. The molecule has 254 valence electrons. The molecule has 11 nitrogen and oxygen atoms in total. The maximum absolute atomic E-state index is 12.0. The summed E-state index contributed by atoms with van der Waals surface area (Å²) in [7, 11) is 1.56. The second-order valence-corrected chi connectivity index (χ2v) is 11.7. The smallest absolute Gasteiger partial charge is 0.411 e. The molecule has 0 radical (unpaired) electrons. The highest BCUT2D eigenvalue weighted by Crippen LogP contribution is 2.46. The van der Waals surface area contributed by atoms with E-state index < -0.39 is 11.7 Å². The first kappa shape index (κ1) is 38.4. The Balaban J connectivity index is 0.000000682. The summed E-state index contributed by atoms with van der Waals surface area (Å²) in [5.41, 5.74) is 10.0. The Hall–Kier alpha value is -4.74. The fraction of sp³-hybridized carbons (Fsp3) is 0.389. The lowest BCUT2D eigenvalue weighted by Gasteiger charge is -2.33. The van der Waals surface area contributed by atoms with Gasteiger partial charge in [0.1, 0.15) is 6.61 Å². The van der Waals surface area contributed by atoms with Gasteiger partial charge in [-0.3, -0.25) is 10.1 Å². The minimum absolute atomic E-state index is 0.182. The Morgan fingerprint density at radius 2 is 1.64 bits per heavy atom. The molecule has 0 spiro atoms. The second kappa shape index (κ2) is 17.8. The van der Waals surface area contributed by atoms with Gasteiger partial charge in [0, 0.05) is 31.3 Å². The molecule has 0 saturated carbocycles. The van der Waals surface area contributed by atoms with E-state index in [-0.39, 0.29) is 13.1 Å². The van der Waals surface area contributed by atoms with Crippen LogP contribution in [-0.4, -0.2) is 69.8 Å². The highest BCUT2D eigenvalue weighted by atomic mass is 16.6. The van der Waals surface area contributed by atoms with Crippen molar-refractivity contribution in [2.24, 2.45) is 0 Å². The van der Waals surface area contributed by atoms with E-state index in [9.17, 15) is 4.79 Å². The van der Waals surface area contributed by atoms with Gasteiger partial charge in [0.25, 0.3) is 6.47 Å². The zero-order chi connectivity index (χ0) is 35.3. The molecule has 1 amide bonds. The van der Waals surface area contributed by atoms with Crippen LogP contribution in [0.5, 0.6) is 0 Å². The molecule has 1 aliphatic heterocycles. The summed E-state index contributed by atoms with van der Waals surface area (Å²) in [4.78, 5) is 31.8. The van der Waals surface area contributed by atoms with Crippen LogP contribution in [0.15, 0.2) is 55.9 Å². The Morgan fingerprint density at radius 3 is 2.17 bits per heavy atom. The largest absolute Gasteiger partial charge is 0.483 e. The fourth-order valence-corrected chi connectivity index (χ4v) is 5.31. The van der Waals surface area contributed by atoms with Gasteiger partial charge in [-0.25, -0.2) is 14.8 Å². The number of amides is 1. The maximum atomic E-state index is 12.0. The summed E-state index contributed by atoms with van der Waals surface area (Å²) in [6.07, 6.45) is 3.60. The van der Waals surface area contributed by atoms with Gasteiger partial charge in [-0.1, -0.05) is 36.8 Å². The van der Waals surface area contributed by atoms with E-state index in [1.54, 1.807) is 40.3 Å². The van der Waals surface area contributed by atoms with Crippen LogP contribution in [0.2, 0.25) is 0 Å². The minimum Gasteiger partial charge on any atom is -0.483 e. The predicted molar refractivity (Wildman–Crippen MR) is 189 cm³/mol. The molecule has 3 N–H and O–H groups in total. The van der Waals surface area contributed by atoms with Crippen LogP contribution in [0.25, 0.3) is 22.0 Å². The van der Waals surface area contributed by atoms with Gasteiger partial charge in [-0.2, -0.15) is 0 Å². The first-order valence-corrected chi connectivity index (χ1v) is 15.4. The van der Waals surface area contributed by atoms with Crippen molar-refractivity contribution in [2.45, 2.75) is 67.0 Å². The summed E-state index contributed by atoms with van der Waals surface area (Å²) in [5, 5.41) is 19.3. The third-order valence-electron chi connectivity index (χ3n) is 7.06. The number of benzene rings is 2. The van der Waals surface area contributed by atoms with Gasteiger partial charge in [-0.05, 0) is 76.3 Å². The third kappa shape index (κ3) is 10.1. The molecule has 1 aliphatic rings. The average Bonchev–Trinajstić information content (AvgIpc) is 3.36. The highest BCUT2D eigenvalue weighted by molar-refractivity contribution is 6.07. The van der Waals surface area contributed by atoms with Gasteiger partial charge >= 0.3 is 6.09 Å². The molecule has 11 heteroatoms. The third-order valence-corrected chi connectivity index (χ3v) is 7.06. The number of anilines is 3. The van der Waals surface area contributed by atoms with Crippen LogP contribution in [0.1, 0.15) is 50.1 Å². The van der Waals surface area contributed by atoms with Crippen molar-refractivity contribution in [3.63, 3.8) is 0 Å². The number of carbonyl (C=O) groups is 2. The number of aliphatic hydroxyl groups is 1. The minimum atomic E-state index is -0.559. The van der Waals surface area contributed by atoms with E-state index in [0.29, 0.717) is 18.2 Å². The zero-order valence-electron chi connectivity index (χ0n) is 28.9. The van der Waals surface area contributed by atoms with Crippen LogP contribution in [-0.2, 0) is 27.2 Å². The lowest BCUT2D eigenvalue weighted by atomic mass is 9.89. The molecule has 4 aromatic rings. The topological polar surface area (TPSA) is 139 Å². The van der Waals surface area contributed by atoms with Gasteiger partial charge < -0.3 is 29.2 Å². The molecule has 3 heterocycles. The molecule has 0 aliphatic carbocycles. The monoisotopic (exact) mass is 647 g/mol. The molecule has 0 fully saturated rings. The Bertz CT molecular complexity index is 1600. The quantitative estimate of drug-likeness (QED) is 0.108. The van der Waals surface area contributed by atoms with Crippen molar-refractivity contribution >= 4 is 40.8 Å². The standard InChI is InChI=1S/C29H33N5O3.C4H10O.C2H4.CH2O2/c1-6-23-20(4)26-27-24(25(23)21-9-7-18(2)8-10-21)15-19(3)33(27)11-12-34(26)28-30-16-22(17-31-28)32-29(35)37-14-13-36-5;1-4(2,3)5;1-2;2-1-3/h7-10,15-17H,6,11-14H2,1-5H3,(H,32,35);5H,1-3H3;1-2H2;1H,(H,2,3). The van der Waals surface area contributed by atoms with Gasteiger partial charge in [-0.15, -0.1) is 13.2 Å². The van der Waals surface area contributed by atoms with Crippen LogP contribution >= 0.6 is 0 Å². The van der Waals surface area contributed by atoms with Crippen molar-refractivity contribution in [1.82, 2.24) is 14.5 Å². The van der Waals surface area contributed by atoms with Gasteiger partial charge in [0.15, 0.2) is 0 Å². The van der Waals surface area contributed by atoms with Crippen LogP contribution in [0.3, 0.4) is 0 Å². The second-order valence-electron chi connectivity index (χ2n) is 11.7. The van der Waals surface area contributed by atoms with Crippen molar-refractivity contribution in [1.29, 1.82) is 0 Å². The number of nitrogens with zero attached hydrogens (tertiary/aromatic N) is 4. The number of carboxylic acid groups (broad SMARTS) is 1. The van der Waals surface area contributed by atoms with Gasteiger partial charge in [0.2, 0.25) is 5.95 Å². The molecule has 0 atom stereocenters. The highest BCUT2D eigenvalue weighted by Gasteiger charge is 2.29. The Morgan fingerprint density at radius 1 is 1.06 bits per heavy atom. The first-order chi connectivity index (χ1) is 22.3. The number of ether oxygens (including phenoxy) is 2. The van der Waals surface area contributed by atoms with E-state index in [0.717, 1.165) is 25.2 Å². The number of hydrogen-bond acceptors (Lipinski definition) is 8. The lowest BCUT2D eigenvalue weighted by molar-refractivity contribution is -0.122. The van der Waals surface area contributed by atoms with Gasteiger partial charge in [0.05, 0.1) is 41.5 Å². The average molecular weight is 648 g/mol. The van der Waals surface area contributed by atoms with Crippen molar-refractivity contribution in [2.75, 3.05) is 37.1 Å². The SMILES string of the molecule is C=C.CC(C)(C)O.CCc1c(C)c2c3c(cc(C)n3CCN2c2ncc(NC(=O)OCCOC)cn2)c1-c1ccc(C)cc1.O=CO. The molecule has 2 aromatic heterocycles.